The first-order chi connectivity index (χ1) is 15.7. The molecule has 9 nitrogen and oxygen atoms in total. The van der Waals surface area contributed by atoms with Crippen LogP contribution in [0.5, 0.6) is 5.75 Å². The number of methoxy groups -OCH3 is 1. The lowest BCUT2D eigenvalue weighted by atomic mass is 10.2. The number of nitrogens with zero attached hydrogens (tertiary/aromatic N) is 3. The number of aromatic nitrogens is 4. The van der Waals surface area contributed by atoms with Crippen molar-refractivity contribution < 1.29 is 17.5 Å². The number of sulfone groups is 1. The molecule has 172 valence electrons. The predicted molar refractivity (Wildman–Crippen MR) is 125 cm³/mol. The van der Waals surface area contributed by atoms with Crippen molar-refractivity contribution in [2.75, 3.05) is 24.0 Å². The summed E-state index contributed by atoms with van der Waals surface area (Å²) in [5.74, 6) is -0.106. The van der Waals surface area contributed by atoms with Gasteiger partial charge in [0.05, 0.1) is 28.9 Å². The van der Waals surface area contributed by atoms with Gasteiger partial charge in [-0.05, 0) is 49.7 Å². The number of benzene rings is 2. The number of hydrogen-bond acceptors (Lipinski definition) is 8. The fourth-order valence-electron chi connectivity index (χ4n) is 3.36. The Morgan fingerprint density at radius 1 is 1.12 bits per heavy atom. The largest absolute Gasteiger partial charge is 0.495 e. The predicted octanol–water partition coefficient (Wildman–Crippen LogP) is 4.26. The average molecular weight is 471 g/mol. The highest BCUT2D eigenvalue weighted by atomic mass is 32.2. The fourth-order valence-corrected chi connectivity index (χ4v) is 4.01. The third kappa shape index (κ3) is 4.58. The van der Waals surface area contributed by atoms with E-state index in [1.54, 1.807) is 13.0 Å². The smallest absolute Gasteiger partial charge is 0.229 e. The molecule has 3 N–H and O–H groups in total. The number of aromatic amines is 1. The zero-order chi connectivity index (χ0) is 23.8. The molecule has 0 aliphatic heterocycles. The number of anilines is 4. The third-order valence-corrected chi connectivity index (χ3v) is 6.22. The Labute approximate surface area is 190 Å². The molecule has 0 aliphatic carbocycles. The molecule has 2 aromatic heterocycles. The van der Waals surface area contributed by atoms with Crippen LogP contribution in [0, 0.1) is 12.7 Å². The van der Waals surface area contributed by atoms with Gasteiger partial charge in [-0.3, -0.25) is 5.10 Å². The lowest BCUT2D eigenvalue weighted by Crippen LogP contribution is -2.08. The standard InChI is InChI=1S/C22H23FN6O3S/c1-5-16-20(23)21(24-13-6-8-15-12(2)28-29-17(15)10-13)27-22(25-16)26-18-11-14(33(4,30)31)7-9-19(18)32-3/h6-11H,5H2,1-4H3,(H,28,29)(H2,24,25,26,27). The highest BCUT2D eigenvalue weighted by Gasteiger charge is 2.17. The lowest BCUT2D eigenvalue weighted by Gasteiger charge is -2.14. The molecule has 0 aliphatic rings. The Balaban J connectivity index is 1.72. The van der Waals surface area contributed by atoms with E-state index >= 15 is 4.39 Å². The summed E-state index contributed by atoms with van der Waals surface area (Å²) >= 11 is 0. The molecule has 0 amide bonds. The van der Waals surface area contributed by atoms with Crippen LogP contribution < -0.4 is 15.4 Å². The SMILES string of the molecule is CCc1nc(Nc2cc(S(C)(=O)=O)ccc2OC)nc(Nc2ccc3c(C)[nH]nc3c2)c1F. The third-order valence-electron chi connectivity index (χ3n) is 5.11. The Morgan fingerprint density at radius 2 is 1.91 bits per heavy atom. The van der Waals surface area contributed by atoms with E-state index in [0.717, 1.165) is 22.9 Å². The van der Waals surface area contributed by atoms with Crippen molar-refractivity contribution >= 4 is 43.9 Å². The van der Waals surface area contributed by atoms with Crippen LogP contribution in [-0.4, -0.2) is 41.9 Å². The van der Waals surface area contributed by atoms with E-state index in [-0.39, 0.29) is 22.4 Å². The van der Waals surface area contributed by atoms with Crippen molar-refractivity contribution in [1.82, 2.24) is 20.2 Å². The Hall–Kier alpha value is -3.73. The molecule has 0 spiro atoms. The molecule has 0 bridgehead atoms. The van der Waals surface area contributed by atoms with Gasteiger partial charge in [0.1, 0.15) is 5.75 Å². The zero-order valence-electron chi connectivity index (χ0n) is 18.5. The van der Waals surface area contributed by atoms with E-state index in [9.17, 15) is 8.42 Å². The van der Waals surface area contributed by atoms with Crippen molar-refractivity contribution in [1.29, 1.82) is 0 Å². The van der Waals surface area contributed by atoms with Crippen LogP contribution in [0.1, 0.15) is 18.3 Å². The summed E-state index contributed by atoms with van der Waals surface area (Å²) in [6.07, 6.45) is 1.44. The number of nitrogens with one attached hydrogen (secondary N) is 3. The highest BCUT2D eigenvalue weighted by molar-refractivity contribution is 7.90. The van der Waals surface area contributed by atoms with Gasteiger partial charge in [0.2, 0.25) is 5.95 Å². The summed E-state index contributed by atoms with van der Waals surface area (Å²) in [6, 6.07) is 9.89. The first kappa shape index (κ1) is 22.5. The molecule has 4 aromatic rings. The number of hydrogen-bond donors (Lipinski definition) is 3. The van der Waals surface area contributed by atoms with E-state index in [2.05, 4.69) is 30.8 Å². The van der Waals surface area contributed by atoms with Gasteiger partial charge in [0.15, 0.2) is 21.5 Å². The van der Waals surface area contributed by atoms with Gasteiger partial charge in [-0.25, -0.2) is 17.8 Å². The minimum absolute atomic E-state index is 0.0193. The number of rotatable bonds is 7. The Morgan fingerprint density at radius 3 is 2.61 bits per heavy atom. The normalized spacial score (nSPS) is 11.5. The maximum Gasteiger partial charge on any atom is 0.229 e. The molecule has 4 rings (SSSR count). The Bertz CT molecular complexity index is 1450. The van der Waals surface area contributed by atoms with E-state index < -0.39 is 15.7 Å². The molecule has 0 unspecified atom stereocenters. The van der Waals surface area contributed by atoms with Crippen LogP contribution in [0.3, 0.4) is 0 Å². The number of ether oxygens (including phenoxy) is 1. The minimum Gasteiger partial charge on any atom is -0.495 e. The highest BCUT2D eigenvalue weighted by Crippen LogP contribution is 2.31. The second-order valence-corrected chi connectivity index (χ2v) is 9.49. The molecular formula is C22H23FN6O3S. The van der Waals surface area contributed by atoms with E-state index in [4.69, 9.17) is 4.74 Å². The number of halogens is 1. The summed E-state index contributed by atoms with van der Waals surface area (Å²) in [7, 11) is -1.98. The molecule has 0 fully saturated rings. The molecule has 2 aromatic carbocycles. The molecule has 0 radical (unpaired) electrons. The van der Waals surface area contributed by atoms with Crippen LogP contribution >= 0.6 is 0 Å². The lowest BCUT2D eigenvalue weighted by molar-refractivity contribution is 0.416. The van der Waals surface area contributed by atoms with E-state index in [1.165, 1.54) is 25.3 Å². The van der Waals surface area contributed by atoms with Crippen molar-refractivity contribution in [3.05, 3.63) is 53.6 Å². The minimum atomic E-state index is -3.44. The maximum atomic E-state index is 15.0. The van der Waals surface area contributed by atoms with Gasteiger partial charge in [-0.2, -0.15) is 10.1 Å². The zero-order valence-corrected chi connectivity index (χ0v) is 19.3. The summed E-state index contributed by atoms with van der Waals surface area (Å²) in [5.41, 5.74) is 2.83. The van der Waals surface area contributed by atoms with Gasteiger partial charge >= 0.3 is 0 Å². The van der Waals surface area contributed by atoms with Crippen LogP contribution in [0.25, 0.3) is 10.9 Å². The molecule has 0 saturated carbocycles. The topological polar surface area (TPSA) is 122 Å². The number of H-pyrrole nitrogens is 1. The van der Waals surface area contributed by atoms with Crippen LogP contribution in [-0.2, 0) is 16.3 Å². The fraction of sp³-hybridized carbons (Fsp3) is 0.227. The van der Waals surface area contributed by atoms with Crippen molar-refractivity contribution in [3.63, 3.8) is 0 Å². The molecule has 33 heavy (non-hydrogen) atoms. The monoisotopic (exact) mass is 470 g/mol. The molecular weight excluding hydrogens is 447 g/mol. The van der Waals surface area contributed by atoms with Crippen molar-refractivity contribution in [3.8, 4) is 5.75 Å². The molecule has 11 heteroatoms. The summed E-state index contributed by atoms with van der Waals surface area (Å²) in [4.78, 5) is 8.63. The van der Waals surface area contributed by atoms with Gasteiger partial charge in [-0.1, -0.05) is 6.92 Å². The van der Waals surface area contributed by atoms with E-state index in [0.29, 0.717) is 23.5 Å². The first-order valence-corrected chi connectivity index (χ1v) is 12.0. The van der Waals surface area contributed by atoms with Crippen molar-refractivity contribution in [2.24, 2.45) is 0 Å². The molecule has 2 heterocycles. The van der Waals surface area contributed by atoms with Crippen molar-refractivity contribution in [2.45, 2.75) is 25.2 Å². The van der Waals surface area contributed by atoms with Crippen LogP contribution in [0.2, 0.25) is 0 Å². The quantitative estimate of drug-likeness (QED) is 0.366. The maximum absolute atomic E-state index is 15.0. The Kier molecular flexibility index (Phi) is 5.90. The second-order valence-electron chi connectivity index (χ2n) is 7.47. The van der Waals surface area contributed by atoms with Crippen LogP contribution in [0.4, 0.5) is 27.5 Å². The average Bonchev–Trinajstić information content (AvgIpc) is 3.15. The van der Waals surface area contributed by atoms with E-state index in [1.807, 2.05) is 19.1 Å². The first-order valence-electron chi connectivity index (χ1n) is 10.1. The number of fused-ring (bicyclic) bond motifs is 1. The van der Waals surface area contributed by atoms with Crippen LogP contribution in [0.15, 0.2) is 41.3 Å². The molecule has 0 saturated heterocycles. The van der Waals surface area contributed by atoms with Gasteiger partial charge in [0.25, 0.3) is 0 Å². The molecule has 0 atom stereocenters. The van der Waals surface area contributed by atoms with Gasteiger partial charge in [0, 0.05) is 23.0 Å². The summed E-state index contributed by atoms with van der Waals surface area (Å²) < 4.78 is 44.3. The summed E-state index contributed by atoms with van der Waals surface area (Å²) in [5, 5.41) is 14.1. The number of aryl methyl sites for hydroxylation is 2. The van der Waals surface area contributed by atoms with Gasteiger partial charge < -0.3 is 15.4 Å². The van der Waals surface area contributed by atoms with Gasteiger partial charge in [-0.15, -0.1) is 0 Å². The summed E-state index contributed by atoms with van der Waals surface area (Å²) in [6.45, 7) is 3.70. The second kappa shape index (κ2) is 8.66.